The fourth-order valence-corrected chi connectivity index (χ4v) is 4.88. The van der Waals surface area contributed by atoms with Crippen LogP contribution in [0.2, 0.25) is 0 Å². The SMILES string of the molecule is CC(CCC(=O)N1CCCCC1C(=O)O)NC(=O)OCC1c2ccccc2-c2ccccc21. The quantitative estimate of drug-likeness (QED) is 0.660. The first-order chi connectivity index (χ1) is 16.0. The molecule has 2 amide bonds. The Kier molecular flexibility index (Phi) is 6.96. The van der Waals surface area contributed by atoms with E-state index in [2.05, 4.69) is 29.6 Å². The molecule has 1 aliphatic heterocycles. The molecule has 1 aliphatic carbocycles. The number of fused-ring (bicyclic) bond motifs is 3. The molecular formula is C26H30N2O5. The number of piperidine rings is 1. The second-order valence-electron chi connectivity index (χ2n) is 8.85. The molecule has 0 bridgehead atoms. The van der Waals surface area contributed by atoms with Crippen molar-refractivity contribution in [1.29, 1.82) is 0 Å². The predicted octanol–water partition coefficient (Wildman–Crippen LogP) is 4.16. The first kappa shape index (κ1) is 22.8. The summed E-state index contributed by atoms with van der Waals surface area (Å²) in [5.41, 5.74) is 4.65. The van der Waals surface area contributed by atoms with Crippen molar-refractivity contribution in [3.05, 3.63) is 59.7 Å². The van der Waals surface area contributed by atoms with E-state index in [0.29, 0.717) is 19.4 Å². The fourth-order valence-electron chi connectivity index (χ4n) is 4.88. The molecule has 2 unspecified atom stereocenters. The van der Waals surface area contributed by atoms with Crippen LogP contribution in [0.3, 0.4) is 0 Å². The number of carboxylic acids is 1. The molecule has 2 N–H and O–H groups in total. The molecule has 174 valence electrons. The number of amides is 2. The van der Waals surface area contributed by atoms with Gasteiger partial charge in [0, 0.05) is 24.9 Å². The Morgan fingerprint density at radius 1 is 1.06 bits per heavy atom. The summed E-state index contributed by atoms with van der Waals surface area (Å²) in [5, 5.41) is 12.2. The zero-order valence-electron chi connectivity index (χ0n) is 18.8. The number of hydrogen-bond acceptors (Lipinski definition) is 4. The Balaban J connectivity index is 1.27. The second kappa shape index (κ2) is 10.1. The molecule has 2 aromatic rings. The number of benzene rings is 2. The lowest BCUT2D eigenvalue weighted by Crippen LogP contribution is -2.48. The van der Waals surface area contributed by atoms with Gasteiger partial charge in [0.1, 0.15) is 12.6 Å². The molecule has 4 rings (SSSR count). The number of aliphatic carboxylic acids is 1. The molecule has 1 saturated heterocycles. The molecule has 0 radical (unpaired) electrons. The fraction of sp³-hybridized carbons (Fsp3) is 0.423. The van der Waals surface area contributed by atoms with Gasteiger partial charge in [-0.05, 0) is 54.9 Å². The van der Waals surface area contributed by atoms with Crippen molar-refractivity contribution in [1.82, 2.24) is 10.2 Å². The van der Waals surface area contributed by atoms with E-state index in [4.69, 9.17) is 4.74 Å². The summed E-state index contributed by atoms with van der Waals surface area (Å²) in [5.74, 6) is -1.14. The lowest BCUT2D eigenvalue weighted by atomic mass is 9.98. The van der Waals surface area contributed by atoms with Gasteiger partial charge in [-0.25, -0.2) is 9.59 Å². The van der Waals surface area contributed by atoms with E-state index in [-0.39, 0.29) is 30.9 Å². The summed E-state index contributed by atoms with van der Waals surface area (Å²) in [6, 6.07) is 15.3. The van der Waals surface area contributed by atoms with Gasteiger partial charge in [0.2, 0.25) is 5.91 Å². The highest BCUT2D eigenvalue weighted by molar-refractivity contribution is 5.84. The number of likely N-dealkylation sites (tertiary alicyclic amines) is 1. The summed E-state index contributed by atoms with van der Waals surface area (Å²) in [4.78, 5) is 37.9. The van der Waals surface area contributed by atoms with Crippen molar-refractivity contribution in [2.75, 3.05) is 13.2 Å². The van der Waals surface area contributed by atoms with Gasteiger partial charge in [0.05, 0.1) is 0 Å². The molecule has 0 saturated carbocycles. The number of carboxylic acid groups (broad SMARTS) is 1. The predicted molar refractivity (Wildman–Crippen MR) is 124 cm³/mol. The van der Waals surface area contributed by atoms with E-state index in [1.807, 2.05) is 31.2 Å². The maximum atomic E-state index is 12.6. The third-order valence-electron chi connectivity index (χ3n) is 6.61. The Morgan fingerprint density at radius 3 is 2.33 bits per heavy atom. The molecule has 2 aromatic carbocycles. The number of alkyl carbamates (subject to hydrolysis) is 1. The normalized spacial score (nSPS) is 18.2. The molecular weight excluding hydrogens is 420 g/mol. The number of carbonyl (C=O) groups excluding carboxylic acids is 2. The molecule has 7 heteroatoms. The molecule has 2 aliphatic rings. The van der Waals surface area contributed by atoms with Crippen molar-refractivity contribution < 1.29 is 24.2 Å². The van der Waals surface area contributed by atoms with Gasteiger partial charge in [-0.15, -0.1) is 0 Å². The van der Waals surface area contributed by atoms with Crippen LogP contribution in [0.1, 0.15) is 56.1 Å². The Labute approximate surface area is 193 Å². The third kappa shape index (κ3) is 5.02. The van der Waals surface area contributed by atoms with Crippen molar-refractivity contribution >= 4 is 18.0 Å². The molecule has 1 heterocycles. The first-order valence-corrected chi connectivity index (χ1v) is 11.6. The van der Waals surface area contributed by atoms with Gasteiger partial charge < -0.3 is 20.1 Å². The Bertz CT molecular complexity index is 991. The number of carbonyl (C=O) groups is 3. The van der Waals surface area contributed by atoms with E-state index in [1.54, 1.807) is 0 Å². The smallest absolute Gasteiger partial charge is 0.407 e. The molecule has 1 fully saturated rings. The average molecular weight is 451 g/mol. The summed E-state index contributed by atoms with van der Waals surface area (Å²) >= 11 is 0. The number of nitrogens with one attached hydrogen (secondary N) is 1. The Morgan fingerprint density at radius 2 is 1.70 bits per heavy atom. The lowest BCUT2D eigenvalue weighted by molar-refractivity contribution is -0.152. The molecule has 2 atom stereocenters. The van der Waals surface area contributed by atoms with Gasteiger partial charge in [0.15, 0.2) is 0 Å². The molecule has 7 nitrogen and oxygen atoms in total. The van der Waals surface area contributed by atoms with Crippen LogP contribution in [-0.4, -0.2) is 53.2 Å². The standard InChI is InChI=1S/C26H30N2O5/c1-17(13-14-24(29)28-15-7-6-12-23(28)25(30)31)27-26(32)33-16-22-20-10-4-2-8-18(20)19-9-3-5-11-21(19)22/h2-5,8-11,17,22-23H,6-7,12-16H2,1H3,(H,27,32)(H,30,31). The van der Waals surface area contributed by atoms with Crippen molar-refractivity contribution in [3.8, 4) is 11.1 Å². The highest BCUT2D eigenvalue weighted by Crippen LogP contribution is 2.44. The third-order valence-corrected chi connectivity index (χ3v) is 6.61. The van der Waals surface area contributed by atoms with Crippen LogP contribution in [0.5, 0.6) is 0 Å². The van der Waals surface area contributed by atoms with Gasteiger partial charge in [-0.1, -0.05) is 48.5 Å². The summed E-state index contributed by atoms with van der Waals surface area (Å²) in [6.45, 7) is 2.53. The molecule has 0 spiro atoms. The monoisotopic (exact) mass is 450 g/mol. The van der Waals surface area contributed by atoms with Crippen LogP contribution in [0.4, 0.5) is 4.79 Å². The van der Waals surface area contributed by atoms with E-state index >= 15 is 0 Å². The van der Waals surface area contributed by atoms with Gasteiger partial charge in [-0.3, -0.25) is 4.79 Å². The summed E-state index contributed by atoms with van der Waals surface area (Å²) in [7, 11) is 0. The minimum atomic E-state index is -0.951. The molecule has 33 heavy (non-hydrogen) atoms. The largest absolute Gasteiger partial charge is 0.480 e. The van der Waals surface area contributed by atoms with E-state index in [0.717, 1.165) is 24.0 Å². The summed E-state index contributed by atoms with van der Waals surface area (Å²) < 4.78 is 5.56. The number of rotatable bonds is 7. The van der Waals surface area contributed by atoms with Gasteiger partial charge >= 0.3 is 12.1 Å². The highest BCUT2D eigenvalue weighted by Gasteiger charge is 2.32. The van der Waals surface area contributed by atoms with Crippen molar-refractivity contribution in [2.45, 2.75) is 57.0 Å². The van der Waals surface area contributed by atoms with Crippen LogP contribution in [-0.2, 0) is 14.3 Å². The highest BCUT2D eigenvalue weighted by atomic mass is 16.5. The minimum absolute atomic E-state index is 0.00733. The average Bonchev–Trinajstić information content (AvgIpc) is 3.15. The first-order valence-electron chi connectivity index (χ1n) is 11.6. The van der Waals surface area contributed by atoms with E-state index in [9.17, 15) is 19.5 Å². The second-order valence-corrected chi connectivity index (χ2v) is 8.85. The van der Waals surface area contributed by atoms with Gasteiger partial charge in [0.25, 0.3) is 0 Å². The lowest BCUT2D eigenvalue weighted by Gasteiger charge is -2.33. The van der Waals surface area contributed by atoms with Gasteiger partial charge in [-0.2, -0.15) is 0 Å². The maximum Gasteiger partial charge on any atom is 0.407 e. The zero-order chi connectivity index (χ0) is 23.4. The van der Waals surface area contributed by atoms with Crippen LogP contribution >= 0.6 is 0 Å². The van der Waals surface area contributed by atoms with Crippen molar-refractivity contribution in [3.63, 3.8) is 0 Å². The van der Waals surface area contributed by atoms with E-state index in [1.165, 1.54) is 16.0 Å². The Hall–Kier alpha value is -3.35. The van der Waals surface area contributed by atoms with Crippen LogP contribution in [0.15, 0.2) is 48.5 Å². The minimum Gasteiger partial charge on any atom is -0.480 e. The molecule has 0 aromatic heterocycles. The maximum absolute atomic E-state index is 12.6. The van der Waals surface area contributed by atoms with Crippen molar-refractivity contribution in [2.24, 2.45) is 0 Å². The van der Waals surface area contributed by atoms with Crippen LogP contribution in [0.25, 0.3) is 11.1 Å². The number of nitrogens with zero attached hydrogens (tertiary/aromatic N) is 1. The van der Waals surface area contributed by atoms with E-state index < -0.39 is 18.1 Å². The van der Waals surface area contributed by atoms with Crippen LogP contribution in [0, 0.1) is 0 Å². The van der Waals surface area contributed by atoms with Crippen LogP contribution < -0.4 is 5.32 Å². The number of hydrogen-bond donors (Lipinski definition) is 2. The zero-order valence-corrected chi connectivity index (χ0v) is 18.8. The summed E-state index contributed by atoms with van der Waals surface area (Å²) in [6.07, 6.45) is 2.23. The topological polar surface area (TPSA) is 95.9 Å². The number of ether oxygens (including phenoxy) is 1.